The van der Waals surface area contributed by atoms with Gasteiger partial charge < -0.3 is 5.11 Å². The second-order valence-corrected chi connectivity index (χ2v) is 7.37. The number of halogens is 14. The molecule has 0 saturated heterocycles. The van der Waals surface area contributed by atoms with Gasteiger partial charge in [0.25, 0.3) is 0 Å². The van der Waals surface area contributed by atoms with Gasteiger partial charge in [0, 0.05) is 0 Å². The summed E-state index contributed by atoms with van der Waals surface area (Å²) in [6.45, 7) is -2.32. The zero-order valence-corrected chi connectivity index (χ0v) is 13.7. The van der Waals surface area contributed by atoms with Gasteiger partial charge in [0.05, 0.1) is 0 Å². The van der Waals surface area contributed by atoms with Crippen LogP contribution in [0.5, 0.6) is 0 Å². The van der Waals surface area contributed by atoms with Crippen LogP contribution in [0.1, 0.15) is 20.8 Å². The van der Waals surface area contributed by atoms with Crippen LogP contribution < -0.4 is 0 Å². The number of rotatable bonds is 1. The van der Waals surface area contributed by atoms with E-state index < -0.39 is 78.7 Å². The molecule has 0 aliphatic heterocycles. The number of hydrogen-bond donors (Lipinski definition) is 1. The van der Waals surface area contributed by atoms with Gasteiger partial charge in [0.15, 0.2) is 0 Å². The van der Waals surface area contributed by atoms with Gasteiger partial charge in [-0.15, -0.1) is 0 Å². The Labute approximate surface area is 146 Å². The Morgan fingerprint density at radius 3 is 1.00 bits per heavy atom. The number of hydrogen-bond acceptors (Lipinski definition) is 1. The minimum absolute atomic E-state index is 0.536. The van der Waals surface area contributed by atoms with Crippen molar-refractivity contribution in [1.82, 2.24) is 0 Å². The van der Waals surface area contributed by atoms with Crippen molar-refractivity contribution in [3.05, 3.63) is 0 Å². The molecule has 0 aromatic carbocycles. The molecule has 0 heterocycles. The summed E-state index contributed by atoms with van der Waals surface area (Å²) in [7, 11) is 0. The van der Waals surface area contributed by atoms with Crippen molar-refractivity contribution >= 4 is 0 Å². The van der Waals surface area contributed by atoms with E-state index >= 15 is 0 Å². The molecule has 2 atom stereocenters. The van der Waals surface area contributed by atoms with Gasteiger partial charge in [0.2, 0.25) is 11.3 Å². The van der Waals surface area contributed by atoms with Gasteiger partial charge in [-0.3, -0.25) is 0 Å². The van der Waals surface area contributed by atoms with E-state index in [9.17, 15) is 66.6 Å². The van der Waals surface area contributed by atoms with Crippen LogP contribution in [0.15, 0.2) is 0 Å². The van der Waals surface area contributed by atoms with Crippen LogP contribution in [0.25, 0.3) is 0 Å². The maximum atomic E-state index is 14.7. The molecule has 1 N–H and O–H groups in total. The van der Waals surface area contributed by atoms with E-state index in [-0.39, 0.29) is 0 Å². The Kier molecular flexibility index (Phi) is 3.87. The van der Waals surface area contributed by atoms with E-state index in [4.69, 9.17) is 0 Å². The van der Waals surface area contributed by atoms with Crippen molar-refractivity contribution < 1.29 is 66.6 Å². The van der Waals surface area contributed by atoms with E-state index in [0.29, 0.717) is 0 Å². The van der Waals surface area contributed by atoms with Gasteiger partial charge in [0.1, 0.15) is 5.67 Å². The molecule has 2 rings (SSSR count). The normalized spacial score (nSPS) is 48.2. The van der Waals surface area contributed by atoms with Crippen molar-refractivity contribution in [2.24, 2.45) is 0 Å². The molecule has 2 saturated carbocycles. The number of alkyl halides is 14. The standard InChI is InChI=1S/C13H10F14O/c1-4(2,14)8(28)12(24,25)6(16)9(18,19)5(3,15)10(20,21)7(17,11(6,22)23)13(8,26)27/h28H,1-3H3. The lowest BCUT2D eigenvalue weighted by molar-refractivity contribution is -0.550. The van der Waals surface area contributed by atoms with E-state index in [1.165, 1.54) is 0 Å². The van der Waals surface area contributed by atoms with Crippen molar-refractivity contribution in [1.29, 1.82) is 0 Å². The first-order valence-electron chi connectivity index (χ1n) is 7.12. The first kappa shape index (κ1) is 23.3. The van der Waals surface area contributed by atoms with Crippen LogP contribution in [0.2, 0.25) is 0 Å². The largest absolute Gasteiger partial charge is 0.376 e. The van der Waals surface area contributed by atoms with Gasteiger partial charge >= 0.3 is 41.0 Å². The zero-order valence-electron chi connectivity index (χ0n) is 13.7. The maximum Gasteiger partial charge on any atom is 0.339 e. The van der Waals surface area contributed by atoms with Crippen LogP contribution in [-0.4, -0.2) is 63.0 Å². The lowest BCUT2D eigenvalue weighted by Crippen LogP contribution is -3.01. The molecule has 0 amide bonds. The quantitative estimate of drug-likeness (QED) is 0.571. The first-order valence-corrected chi connectivity index (χ1v) is 7.12. The molecule has 2 fully saturated rings. The van der Waals surface area contributed by atoms with E-state index in [1.807, 2.05) is 0 Å². The Hall–Kier alpha value is -1.02. The average Bonchev–Trinajstić information content (AvgIpc) is 2.47. The summed E-state index contributed by atoms with van der Waals surface area (Å²) in [6, 6.07) is 0. The highest BCUT2D eigenvalue weighted by Gasteiger charge is 3.13. The predicted molar refractivity (Wildman–Crippen MR) is 62.1 cm³/mol. The van der Waals surface area contributed by atoms with Crippen molar-refractivity contribution in [2.45, 2.75) is 78.7 Å². The highest BCUT2D eigenvalue weighted by molar-refractivity contribution is 5.45. The van der Waals surface area contributed by atoms with Crippen molar-refractivity contribution in [3.8, 4) is 0 Å². The monoisotopic (exact) mass is 448 g/mol. The van der Waals surface area contributed by atoms with Crippen LogP contribution in [-0.2, 0) is 0 Å². The zero-order chi connectivity index (χ0) is 23.0. The lowest BCUT2D eigenvalue weighted by atomic mass is 9.47. The molecule has 2 aliphatic rings. The third-order valence-electron chi connectivity index (χ3n) is 5.54. The van der Waals surface area contributed by atoms with E-state index in [1.54, 1.807) is 0 Å². The minimum atomic E-state index is -7.72. The Bertz CT molecular complexity index is 661. The summed E-state index contributed by atoms with van der Waals surface area (Å²) in [5, 5.41) is 9.49. The molecule has 0 spiro atoms. The van der Waals surface area contributed by atoms with Crippen LogP contribution in [0.3, 0.4) is 0 Å². The van der Waals surface area contributed by atoms with Crippen LogP contribution >= 0.6 is 0 Å². The fraction of sp³-hybridized carbons (Fsp3) is 1.00. The van der Waals surface area contributed by atoms with E-state index in [2.05, 4.69) is 0 Å². The molecule has 28 heavy (non-hydrogen) atoms. The van der Waals surface area contributed by atoms with Gasteiger partial charge in [-0.1, -0.05) is 0 Å². The highest BCUT2D eigenvalue weighted by atomic mass is 19.3. The third-order valence-corrected chi connectivity index (χ3v) is 5.54. The van der Waals surface area contributed by atoms with Gasteiger partial charge in [-0.2, -0.15) is 43.9 Å². The number of fused-ring (bicyclic) bond motifs is 2. The molecule has 0 aromatic heterocycles. The molecule has 2 bridgehead atoms. The Morgan fingerprint density at radius 2 is 0.786 bits per heavy atom. The molecule has 166 valence electrons. The summed E-state index contributed by atoms with van der Waals surface area (Å²) in [6.07, 6.45) is 0. The third kappa shape index (κ3) is 1.50. The van der Waals surface area contributed by atoms with E-state index in [0.717, 1.165) is 0 Å². The topological polar surface area (TPSA) is 20.2 Å². The SMILES string of the molecule is CC(C)(F)C1(O)C(F)(F)C2(F)C(F)(F)C(C)(F)C(F)(F)C(F)(C1(F)F)C2(F)F. The summed E-state index contributed by atoms with van der Waals surface area (Å²) in [5.74, 6) is -37.1. The fourth-order valence-electron chi connectivity index (χ4n) is 3.71. The second kappa shape index (κ2) is 4.66. The summed E-state index contributed by atoms with van der Waals surface area (Å²) in [5.41, 5.74) is -32.8. The van der Waals surface area contributed by atoms with Crippen LogP contribution in [0.4, 0.5) is 61.5 Å². The number of aliphatic hydroxyl groups is 1. The predicted octanol–water partition coefficient (Wildman–Crippen LogP) is 4.81. The molecule has 0 aromatic rings. The first-order chi connectivity index (χ1) is 11.8. The summed E-state index contributed by atoms with van der Waals surface area (Å²) >= 11 is 0. The lowest BCUT2D eigenvalue weighted by Gasteiger charge is -2.68. The minimum Gasteiger partial charge on any atom is -0.376 e. The second-order valence-electron chi connectivity index (χ2n) is 7.37. The molecule has 15 heteroatoms. The Morgan fingerprint density at radius 1 is 0.536 bits per heavy atom. The van der Waals surface area contributed by atoms with Crippen molar-refractivity contribution in [2.75, 3.05) is 0 Å². The van der Waals surface area contributed by atoms with Crippen molar-refractivity contribution in [3.63, 3.8) is 0 Å². The summed E-state index contributed by atoms with van der Waals surface area (Å²) < 4.78 is 199. The molecular weight excluding hydrogens is 438 g/mol. The molecule has 0 radical (unpaired) electrons. The fourth-order valence-corrected chi connectivity index (χ4v) is 3.71. The molecule has 1 nitrogen and oxygen atoms in total. The van der Waals surface area contributed by atoms with Gasteiger partial charge in [-0.05, 0) is 20.8 Å². The molecule has 2 aliphatic carbocycles. The smallest absolute Gasteiger partial charge is 0.339 e. The molecule has 2 unspecified atom stereocenters. The average molecular weight is 448 g/mol. The molecular formula is C13H10F14O. The highest BCUT2D eigenvalue weighted by Crippen LogP contribution is 2.81. The maximum absolute atomic E-state index is 14.7. The van der Waals surface area contributed by atoms with Crippen LogP contribution in [0, 0.1) is 0 Å². The van der Waals surface area contributed by atoms with Gasteiger partial charge in [-0.25, -0.2) is 17.6 Å². The summed E-state index contributed by atoms with van der Waals surface area (Å²) in [4.78, 5) is 0. The Balaban J connectivity index is 3.27.